The molecule has 10 nitrogen and oxygen atoms in total. The molecule has 0 atom stereocenters. The zero-order valence-corrected chi connectivity index (χ0v) is 21.7. The highest BCUT2D eigenvalue weighted by atomic mass is 19.1. The number of nitrogens with one attached hydrogen (secondary N) is 1. The molecule has 3 aromatic rings. The third kappa shape index (κ3) is 8.09. The number of carbonyl (C=O) groups is 3. The Morgan fingerprint density at radius 1 is 0.974 bits per heavy atom. The van der Waals surface area contributed by atoms with Crippen LogP contribution >= 0.6 is 0 Å². The lowest BCUT2D eigenvalue weighted by Gasteiger charge is -2.34. The zero-order chi connectivity index (χ0) is 28.5. The van der Waals surface area contributed by atoms with Gasteiger partial charge in [-0.05, 0) is 67.5 Å². The second-order valence-electron chi connectivity index (χ2n) is 9.52. The van der Waals surface area contributed by atoms with Gasteiger partial charge in [-0.15, -0.1) is 0 Å². The summed E-state index contributed by atoms with van der Waals surface area (Å²) in [6.45, 7) is 4.46. The van der Waals surface area contributed by atoms with Gasteiger partial charge in [-0.25, -0.2) is 14.0 Å². The monoisotopic (exact) mass is 543 g/mol. The lowest BCUT2D eigenvalue weighted by atomic mass is 10.0. The maximum absolute atomic E-state index is 13.1. The van der Waals surface area contributed by atoms with Crippen molar-refractivity contribution in [3.05, 3.63) is 71.2 Å². The number of nitrogens with zero attached hydrogens (tertiary/aromatic N) is 2. The molecule has 0 unspecified atom stereocenters. The van der Waals surface area contributed by atoms with Crippen molar-refractivity contribution >= 4 is 28.7 Å². The number of hydrogen-bond acceptors (Lipinski definition) is 6. The molecule has 5 N–H and O–H groups in total. The highest BCUT2D eigenvalue weighted by Gasteiger charge is 2.23. The van der Waals surface area contributed by atoms with Gasteiger partial charge in [0.05, 0.1) is 19.3 Å². The maximum atomic E-state index is 13.1. The predicted octanol–water partition coefficient (Wildman–Crippen LogP) is 2.21. The molecule has 1 saturated heterocycles. The first-order valence-corrected chi connectivity index (χ1v) is 12.7. The Morgan fingerprint density at radius 2 is 1.59 bits per heavy atom. The third-order valence-electron chi connectivity index (χ3n) is 6.81. The molecule has 1 aliphatic rings. The standard InChI is InChI=1S/C26H32FN3O3.C2H2O4/c1-18-14-20-4-5-21(26(33)28-23(16-31)17-32)15-25(20)30(18)24-9-12-29(13-10-24)11-8-19-2-6-22(27)7-3-19;3-1(4)2(5)6/h2-7,14-15,23-24,31-32H,8-13,16-17H2,1H3,(H,28,33);(H,3,4)(H,5,6). The smallest absolute Gasteiger partial charge is 0.414 e. The van der Waals surface area contributed by atoms with Crippen LogP contribution in [0.4, 0.5) is 4.39 Å². The van der Waals surface area contributed by atoms with Crippen LogP contribution in [0.5, 0.6) is 0 Å². The number of aliphatic hydroxyl groups excluding tert-OH is 2. The largest absolute Gasteiger partial charge is 0.473 e. The van der Waals surface area contributed by atoms with E-state index < -0.39 is 18.0 Å². The molecule has 1 aromatic heterocycles. The van der Waals surface area contributed by atoms with E-state index in [2.05, 4.69) is 27.8 Å². The van der Waals surface area contributed by atoms with Gasteiger partial charge < -0.3 is 35.2 Å². The molecule has 0 spiro atoms. The summed E-state index contributed by atoms with van der Waals surface area (Å²) >= 11 is 0. The van der Waals surface area contributed by atoms with Crippen LogP contribution in [0.3, 0.4) is 0 Å². The predicted molar refractivity (Wildman–Crippen MR) is 142 cm³/mol. The second-order valence-corrected chi connectivity index (χ2v) is 9.52. The molecule has 0 aliphatic carbocycles. The third-order valence-corrected chi connectivity index (χ3v) is 6.81. The number of benzene rings is 2. The van der Waals surface area contributed by atoms with Crippen molar-refractivity contribution in [1.29, 1.82) is 0 Å². The molecule has 1 aliphatic heterocycles. The van der Waals surface area contributed by atoms with Gasteiger partial charge >= 0.3 is 11.9 Å². The number of aromatic nitrogens is 1. The number of rotatable bonds is 8. The van der Waals surface area contributed by atoms with Crippen molar-refractivity contribution in [1.82, 2.24) is 14.8 Å². The molecule has 1 fully saturated rings. The molecule has 0 saturated carbocycles. The van der Waals surface area contributed by atoms with Gasteiger partial charge in [-0.3, -0.25) is 4.79 Å². The van der Waals surface area contributed by atoms with Crippen molar-refractivity contribution in [3.8, 4) is 0 Å². The van der Waals surface area contributed by atoms with E-state index in [9.17, 15) is 19.4 Å². The minimum atomic E-state index is -1.82. The molecule has 2 aromatic carbocycles. The number of hydrogen-bond donors (Lipinski definition) is 5. The molecule has 0 bridgehead atoms. The van der Waals surface area contributed by atoms with Gasteiger partial charge in [0, 0.05) is 42.5 Å². The van der Waals surface area contributed by atoms with Crippen molar-refractivity contribution in [2.24, 2.45) is 0 Å². The van der Waals surface area contributed by atoms with Gasteiger partial charge in [-0.1, -0.05) is 18.2 Å². The van der Waals surface area contributed by atoms with Crippen molar-refractivity contribution in [2.75, 3.05) is 32.8 Å². The van der Waals surface area contributed by atoms with Crippen LogP contribution in [0, 0.1) is 12.7 Å². The van der Waals surface area contributed by atoms with Gasteiger partial charge in [-0.2, -0.15) is 0 Å². The van der Waals surface area contributed by atoms with Gasteiger partial charge in [0.15, 0.2) is 0 Å². The fourth-order valence-electron chi connectivity index (χ4n) is 4.74. The number of aliphatic hydroxyl groups is 2. The fraction of sp³-hybridized carbons (Fsp3) is 0.393. The van der Waals surface area contributed by atoms with Gasteiger partial charge in [0.2, 0.25) is 0 Å². The number of halogens is 1. The molecule has 210 valence electrons. The molecule has 4 rings (SSSR count). The Kier molecular flexibility index (Phi) is 10.6. The minimum absolute atomic E-state index is 0.198. The summed E-state index contributed by atoms with van der Waals surface area (Å²) in [6.07, 6.45) is 2.97. The number of piperidine rings is 1. The number of carbonyl (C=O) groups excluding carboxylic acids is 1. The van der Waals surface area contributed by atoms with Crippen molar-refractivity contribution in [2.45, 2.75) is 38.3 Å². The van der Waals surface area contributed by atoms with Gasteiger partial charge in [0.25, 0.3) is 5.91 Å². The summed E-state index contributed by atoms with van der Waals surface area (Å²) < 4.78 is 15.5. The molecular formula is C28H34FN3O7. The number of carboxylic acids is 2. The van der Waals surface area contributed by atoms with Crippen LogP contribution < -0.4 is 5.32 Å². The lowest BCUT2D eigenvalue weighted by Crippen LogP contribution is -2.40. The first-order chi connectivity index (χ1) is 18.6. The van der Waals surface area contributed by atoms with Crippen LogP contribution in [0.1, 0.15) is 40.5 Å². The Morgan fingerprint density at radius 3 is 2.15 bits per heavy atom. The minimum Gasteiger partial charge on any atom is -0.473 e. The Labute approximate surface area is 225 Å². The Hall–Kier alpha value is -3.80. The first-order valence-electron chi connectivity index (χ1n) is 12.7. The number of aliphatic carboxylic acids is 2. The van der Waals surface area contributed by atoms with E-state index >= 15 is 0 Å². The zero-order valence-electron chi connectivity index (χ0n) is 21.7. The van der Waals surface area contributed by atoms with Gasteiger partial charge in [0.1, 0.15) is 5.82 Å². The van der Waals surface area contributed by atoms with E-state index in [0.717, 1.165) is 55.4 Å². The number of likely N-dealkylation sites (tertiary alicyclic amines) is 1. The number of carboxylic acid groups (broad SMARTS) is 2. The molecule has 2 heterocycles. The molecular weight excluding hydrogens is 509 g/mol. The number of fused-ring (bicyclic) bond motifs is 1. The average molecular weight is 544 g/mol. The summed E-state index contributed by atoms with van der Waals surface area (Å²) in [5, 5.41) is 37.0. The highest BCUT2D eigenvalue weighted by molar-refractivity contribution is 6.27. The summed E-state index contributed by atoms with van der Waals surface area (Å²) in [6, 6.07) is 14.2. The molecule has 0 radical (unpaired) electrons. The summed E-state index contributed by atoms with van der Waals surface area (Å²) in [5.74, 6) is -4.15. The summed E-state index contributed by atoms with van der Waals surface area (Å²) in [4.78, 5) is 33.3. The van der Waals surface area contributed by atoms with Crippen LogP contribution in [0.25, 0.3) is 10.9 Å². The number of aryl methyl sites for hydroxylation is 1. The molecule has 1 amide bonds. The van der Waals surface area contributed by atoms with E-state index in [0.29, 0.717) is 11.6 Å². The van der Waals surface area contributed by atoms with E-state index in [-0.39, 0.29) is 24.9 Å². The van der Waals surface area contributed by atoms with Crippen LogP contribution in [0.15, 0.2) is 48.5 Å². The maximum Gasteiger partial charge on any atom is 0.414 e. The summed E-state index contributed by atoms with van der Waals surface area (Å²) in [7, 11) is 0. The van der Waals surface area contributed by atoms with E-state index in [1.807, 2.05) is 24.3 Å². The first kappa shape index (κ1) is 29.8. The number of amides is 1. The van der Waals surface area contributed by atoms with Crippen molar-refractivity contribution in [3.63, 3.8) is 0 Å². The topological polar surface area (TPSA) is 152 Å². The SMILES string of the molecule is Cc1cc2ccc(C(=O)NC(CO)CO)cc2n1C1CCN(CCc2ccc(F)cc2)CC1.O=C(O)C(=O)O. The quantitative estimate of drug-likeness (QED) is 0.271. The van der Waals surface area contributed by atoms with Crippen LogP contribution in [-0.2, 0) is 16.0 Å². The van der Waals surface area contributed by atoms with Crippen LogP contribution in [-0.4, -0.2) is 86.6 Å². The van der Waals surface area contributed by atoms with E-state index in [1.165, 1.54) is 17.8 Å². The van der Waals surface area contributed by atoms with E-state index in [4.69, 9.17) is 19.8 Å². The summed E-state index contributed by atoms with van der Waals surface area (Å²) in [5.41, 5.74) is 3.89. The van der Waals surface area contributed by atoms with Crippen LogP contribution in [0.2, 0.25) is 0 Å². The molecule has 39 heavy (non-hydrogen) atoms. The van der Waals surface area contributed by atoms with E-state index in [1.54, 1.807) is 6.07 Å². The fourth-order valence-corrected chi connectivity index (χ4v) is 4.74. The average Bonchev–Trinajstić information content (AvgIpc) is 3.26. The normalized spacial score (nSPS) is 14.2. The lowest BCUT2D eigenvalue weighted by molar-refractivity contribution is -0.159. The highest BCUT2D eigenvalue weighted by Crippen LogP contribution is 2.31. The van der Waals surface area contributed by atoms with Crippen molar-refractivity contribution < 1.29 is 39.2 Å². The second kappa shape index (κ2) is 13.8. The molecule has 11 heteroatoms. The Bertz CT molecular complexity index is 1270. The Balaban J connectivity index is 0.000000631.